The van der Waals surface area contributed by atoms with Gasteiger partial charge in [-0.3, -0.25) is 19.3 Å². The van der Waals surface area contributed by atoms with Gasteiger partial charge in [0.2, 0.25) is 15.9 Å². The molecule has 1 amide bonds. The lowest BCUT2D eigenvalue weighted by Gasteiger charge is -2.34. The molecule has 2 aromatic heterocycles. The van der Waals surface area contributed by atoms with E-state index in [1.165, 1.54) is 0 Å². The summed E-state index contributed by atoms with van der Waals surface area (Å²) in [6, 6.07) is 18.1. The average Bonchev–Trinajstić information content (AvgIpc) is 3.82. The molecule has 0 radical (unpaired) electrons. The van der Waals surface area contributed by atoms with Crippen LogP contribution in [0.2, 0.25) is 5.02 Å². The second kappa shape index (κ2) is 22.4. The van der Waals surface area contributed by atoms with Crippen LogP contribution in [-0.2, 0) is 33.8 Å². The van der Waals surface area contributed by atoms with Gasteiger partial charge in [0.15, 0.2) is 5.82 Å². The van der Waals surface area contributed by atoms with Crippen LogP contribution >= 0.6 is 11.6 Å². The van der Waals surface area contributed by atoms with Gasteiger partial charge in [-0.1, -0.05) is 41.0 Å². The number of nitrogens with one attached hydrogen (secondary N) is 1. The minimum absolute atomic E-state index is 0.0590. The van der Waals surface area contributed by atoms with Gasteiger partial charge in [-0.25, -0.2) is 8.42 Å². The van der Waals surface area contributed by atoms with Crippen molar-refractivity contribution in [2.45, 2.75) is 45.1 Å². The van der Waals surface area contributed by atoms with Crippen molar-refractivity contribution in [3.05, 3.63) is 105 Å². The van der Waals surface area contributed by atoms with Crippen molar-refractivity contribution in [2.24, 2.45) is 4.99 Å². The first kappa shape index (κ1) is 47.9. The smallest absolute Gasteiger partial charge is 0.243 e. The maximum absolute atomic E-state index is 13.7. The normalized spacial score (nSPS) is 15.6. The fourth-order valence-electron chi connectivity index (χ4n) is 7.90. The fraction of sp³-hybridized carbons (Fsp3) is 0.457. The van der Waals surface area contributed by atoms with Crippen LogP contribution in [0.15, 0.2) is 75.1 Å². The zero-order valence-electron chi connectivity index (χ0n) is 37.5. The summed E-state index contributed by atoms with van der Waals surface area (Å²) in [4.78, 5) is 20.8. The molecule has 1 unspecified atom stereocenters. The minimum Gasteiger partial charge on any atom is -0.497 e. The Bertz CT molecular complexity index is 2520. The number of fused-ring (bicyclic) bond motifs is 3. The van der Waals surface area contributed by atoms with Gasteiger partial charge in [0.25, 0.3) is 0 Å². The monoisotopic (exact) mass is 932 g/mol. The van der Waals surface area contributed by atoms with Gasteiger partial charge in [0.05, 0.1) is 88.4 Å². The van der Waals surface area contributed by atoms with E-state index in [9.17, 15) is 13.2 Å². The van der Waals surface area contributed by atoms with E-state index in [0.29, 0.717) is 136 Å². The molecule has 0 saturated carbocycles. The highest BCUT2D eigenvalue weighted by atomic mass is 35.5. The molecule has 17 nitrogen and oxygen atoms in total. The maximum atomic E-state index is 13.7. The van der Waals surface area contributed by atoms with E-state index < -0.39 is 16.1 Å². The van der Waals surface area contributed by atoms with Gasteiger partial charge in [-0.05, 0) is 75.2 Å². The third kappa shape index (κ3) is 11.9. The van der Waals surface area contributed by atoms with Crippen LogP contribution in [0.4, 0.5) is 0 Å². The fourth-order valence-corrected chi connectivity index (χ4v) is 9.70. The van der Waals surface area contributed by atoms with Crippen LogP contribution in [0.1, 0.15) is 52.3 Å². The number of halogens is 1. The molecule has 4 heterocycles. The number of ether oxygens (including phenoxy) is 5. The Morgan fingerprint density at radius 1 is 0.815 bits per heavy atom. The molecule has 65 heavy (non-hydrogen) atoms. The molecular formula is C46H57ClN8O9S. The van der Waals surface area contributed by atoms with Crippen molar-refractivity contribution in [2.75, 3.05) is 99.2 Å². The number of carbonyl (C=O) groups excluding carboxylic acids is 1. The summed E-state index contributed by atoms with van der Waals surface area (Å²) < 4.78 is 64.4. The SMILES string of the molecule is COc1ccc2c(c1)C(c1ccc(Cl)cc1)=NC(CC(=O)NCCOCCOCCOCCOCCN1CCN(S(=O)(=O)c3cc(-c4c(C)noc4C)ccc3C)CC1)c1nnc(C)n1-2. The number of carbonyl (C=O) groups is 1. The first-order valence-corrected chi connectivity index (χ1v) is 23.5. The Kier molecular flexibility index (Phi) is 16.5. The molecule has 3 aromatic carbocycles. The summed E-state index contributed by atoms with van der Waals surface area (Å²) in [7, 11) is -2.05. The number of aryl methyl sites for hydroxylation is 4. The number of hydrogen-bond donors (Lipinski definition) is 1. The number of methoxy groups -OCH3 is 1. The first-order valence-electron chi connectivity index (χ1n) is 21.7. The number of sulfonamides is 1. The summed E-state index contributed by atoms with van der Waals surface area (Å²) in [6.07, 6.45) is 0.0590. The van der Waals surface area contributed by atoms with Gasteiger partial charge in [0, 0.05) is 61.0 Å². The van der Waals surface area contributed by atoms with E-state index in [4.69, 9.17) is 44.8 Å². The quantitative estimate of drug-likeness (QED) is 0.0885. The van der Waals surface area contributed by atoms with Crippen molar-refractivity contribution in [1.82, 2.24) is 34.4 Å². The third-order valence-electron chi connectivity index (χ3n) is 11.3. The van der Waals surface area contributed by atoms with Crippen LogP contribution in [0, 0.1) is 27.7 Å². The van der Waals surface area contributed by atoms with Crippen LogP contribution in [-0.4, -0.2) is 148 Å². The lowest BCUT2D eigenvalue weighted by atomic mass is 10.00. The van der Waals surface area contributed by atoms with Crippen LogP contribution in [0.25, 0.3) is 16.8 Å². The molecule has 1 atom stereocenters. The molecule has 19 heteroatoms. The Hall–Kier alpha value is -5.05. The highest BCUT2D eigenvalue weighted by molar-refractivity contribution is 7.89. The van der Waals surface area contributed by atoms with E-state index in [1.807, 2.05) is 86.9 Å². The summed E-state index contributed by atoms with van der Waals surface area (Å²) in [5, 5.41) is 16.3. The highest BCUT2D eigenvalue weighted by Gasteiger charge is 2.32. The Balaban J connectivity index is 0.736. The van der Waals surface area contributed by atoms with Gasteiger partial charge >= 0.3 is 0 Å². The Labute approximate surface area is 385 Å². The Morgan fingerprint density at radius 2 is 1.48 bits per heavy atom. The average molecular weight is 934 g/mol. The zero-order valence-corrected chi connectivity index (χ0v) is 39.1. The lowest BCUT2D eigenvalue weighted by molar-refractivity contribution is -0.121. The standard InChI is InChI=1S/C46H57ClN8O9S/c1-31-6-7-36(44-32(2)52-64-33(44)3)28-42(31)65(57,58)54-17-15-53(16-18-54)19-21-61-23-25-63-27-26-62-24-22-60-20-14-48-43(56)30-40-46-51-50-34(4)55(46)41-13-12-38(59-5)29-39(41)45(49-40)35-8-10-37(47)11-9-35/h6-13,28-29,40H,14-27,30H2,1-5H3,(H,48,56). The summed E-state index contributed by atoms with van der Waals surface area (Å²) in [6.45, 7) is 13.8. The zero-order chi connectivity index (χ0) is 45.9. The van der Waals surface area contributed by atoms with Crippen molar-refractivity contribution >= 4 is 33.2 Å². The van der Waals surface area contributed by atoms with Crippen LogP contribution in [0.5, 0.6) is 5.75 Å². The number of piperazine rings is 1. The van der Waals surface area contributed by atoms with E-state index in [0.717, 1.165) is 33.6 Å². The van der Waals surface area contributed by atoms with Crippen LogP contribution < -0.4 is 10.1 Å². The predicted octanol–water partition coefficient (Wildman–Crippen LogP) is 5.29. The topological polar surface area (TPSA) is 185 Å². The van der Waals surface area contributed by atoms with E-state index in [1.54, 1.807) is 17.5 Å². The van der Waals surface area contributed by atoms with Gasteiger partial charge < -0.3 is 33.5 Å². The molecular weight excluding hydrogens is 876 g/mol. The molecule has 2 aliphatic heterocycles. The largest absolute Gasteiger partial charge is 0.497 e. The molecule has 7 rings (SSSR count). The van der Waals surface area contributed by atoms with Gasteiger partial charge in [-0.2, -0.15) is 4.31 Å². The molecule has 0 aliphatic carbocycles. The summed E-state index contributed by atoms with van der Waals surface area (Å²) >= 11 is 6.21. The van der Waals surface area contributed by atoms with E-state index >= 15 is 0 Å². The number of aromatic nitrogens is 4. The van der Waals surface area contributed by atoms with Crippen molar-refractivity contribution < 1.29 is 41.4 Å². The number of amides is 1. The molecule has 1 saturated heterocycles. The summed E-state index contributed by atoms with van der Waals surface area (Å²) in [5.41, 5.74) is 6.24. The molecule has 1 fully saturated rings. The molecule has 0 spiro atoms. The van der Waals surface area contributed by atoms with E-state index in [2.05, 4.69) is 25.6 Å². The molecule has 348 valence electrons. The Morgan fingerprint density at radius 3 is 2.14 bits per heavy atom. The van der Waals surface area contributed by atoms with Gasteiger partial charge in [-0.15, -0.1) is 10.2 Å². The molecule has 5 aromatic rings. The number of rotatable bonds is 22. The first-order chi connectivity index (χ1) is 31.4. The number of hydrogen-bond acceptors (Lipinski definition) is 14. The summed E-state index contributed by atoms with van der Waals surface area (Å²) in [5.74, 6) is 2.39. The molecule has 1 N–H and O–H groups in total. The molecule has 0 bridgehead atoms. The van der Waals surface area contributed by atoms with Crippen molar-refractivity contribution in [1.29, 1.82) is 0 Å². The second-order valence-corrected chi connectivity index (χ2v) is 18.1. The lowest BCUT2D eigenvalue weighted by Crippen LogP contribution is -2.49. The van der Waals surface area contributed by atoms with Crippen molar-refractivity contribution in [3.63, 3.8) is 0 Å². The van der Waals surface area contributed by atoms with E-state index in [-0.39, 0.29) is 12.3 Å². The third-order valence-corrected chi connectivity index (χ3v) is 13.6. The predicted molar refractivity (Wildman–Crippen MR) is 245 cm³/mol. The number of aliphatic imine (C=N–C) groups is 1. The highest BCUT2D eigenvalue weighted by Crippen LogP contribution is 2.35. The maximum Gasteiger partial charge on any atom is 0.243 e. The minimum atomic E-state index is -3.67. The van der Waals surface area contributed by atoms with Gasteiger partial charge in [0.1, 0.15) is 23.4 Å². The number of nitrogens with zero attached hydrogens (tertiary/aromatic N) is 7. The van der Waals surface area contributed by atoms with Crippen LogP contribution in [0.3, 0.4) is 0 Å². The number of benzene rings is 3. The second-order valence-electron chi connectivity index (χ2n) is 15.8. The van der Waals surface area contributed by atoms with Crippen molar-refractivity contribution in [3.8, 4) is 22.6 Å². The molecule has 2 aliphatic rings.